The SMILES string of the molecule is CC(=O)OC1C=C(CC(=O)Oc2ccccc2)C(=O)C1. The fraction of sp³-hybridized carbons (Fsp3) is 0.267. The lowest BCUT2D eigenvalue weighted by Crippen LogP contribution is -2.13. The predicted molar refractivity (Wildman–Crippen MR) is 70.0 cm³/mol. The predicted octanol–water partition coefficient (Wildman–Crippen LogP) is 1.81. The van der Waals surface area contributed by atoms with Gasteiger partial charge >= 0.3 is 11.9 Å². The van der Waals surface area contributed by atoms with E-state index in [0.29, 0.717) is 11.3 Å². The summed E-state index contributed by atoms with van der Waals surface area (Å²) in [6, 6.07) is 8.62. The van der Waals surface area contributed by atoms with E-state index in [-0.39, 0.29) is 18.6 Å². The average Bonchev–Trinajstić information content (AvgIpc) is 2.69. The van der Waals surface area contributed by atoms with E-state index in [4.69, 9.17) is 9.47 Å². The van der Waals surface area contributed by atoms with E-state index in [9.17, 15) is 14.4 Å². The van der Waals surface area contributed by atoms with Gasteiger partial charge in [0.25, 0.3) is 0 Å². The second-order valence-electron chi connectivity index (χ2n) is 4.43. The van der Waals surface area contributed by atoms with E-state index < -0.39 is 18.0 Å². The monoisotopic (exact) mass is 274 g/mol. The molecule has 0 N–H and O–H groups in total. The van der Waals surface area contributed by atoms with E-state index in [0.717, 1.165) is 0 Å². The number of esters is 2. The number of para-hydroxylation sites is 1. The normalized spacial score (nSPS) is 17.6. The Morgan fingerprint density at radius 2 is 1.95 bits per heavy atom. The molecule has 0 heterocycles. The lowest BCUT2D eigenvalue weighted by Gasteiger charge is -2.05. The highest BCUT2D eigenvalue weighted by molar-refractivity contribution is 6.02. The van der Waals surface area contributed by atoms with Gasteiger partial charge in [-0.15, -0.1) is 0 Å². The molecule has 0 aromatic heterocycles. The van der Waals surface area contributed by atoms with Crippen LogP contribution in [0.3, 0.4) is 0 Å². The molecular weight excluding hydrogens is 260 g/mol. The number of hydrogen-bond donors (Lipinski definition) is 0. The minimum absolute atomic E-state index is 0.0908. The van der Waals surface area contributed by atoms with Crippen LogP contribution in [0.25, 0.3) is 0 Å². The van der Waals surface area contributed by atoms with Crippen LogP contribution in [-0.4, -0.2) is 23.8 Å². The fourth-order valence-electron chi connectivity index (χ4n) is 1.95. The molecule has 0 spiro atoms. The van der Waals surface area contributed by atoms with Gasteiger partial charge in [0.2, 0.25) is 0 Å². The smallest absolute Gasteiger partial charge is 0.315 e. The summed E-state index contributed by atoms with van der Waals surface area (Å²) < 4.78 is 10.0. The van der Waals surface area contributed by atoms with Gasteiger partial charge in [0, 0.05) is 12.5 Å². The van der Waals surface area contributed by atoms with Crippen molar-refractivity contribution in [1.29, 1.82) is 0 Å². The molecule has 5 heteroatoms. The maximum absolute atomic E-state index is 11.7. The van der Waals surface area contributed by atoms with Crippen molar-refractivity contribution in [1.82, 2.24) is 0 Å². The zero-order valence-electron chi connectivity index (χ0n) is 11.0. The molecule has 0 radical (unpaired) electrons. The highest BCUT2D eigenvalue weighted by atomic mass is 16.5. The van der Waals surface area contributed by atoms with Gasteiger partial charge in [0.1, 0.15) is 11.9 Å². The Kier molecular flexibility index (Phi) is 4.30. The largest absolute Gasteiger partial charge is 0.458 e. The summed E-state index contributed by atoms with van der Waals surface area (Å²) in [7, 11) is 0. The number of carbonyl (C=O) groups is 3. The average molecular weight is 274 g/mol. The third kappa shape index (κ3) is 3.78. The molecule has 0 amide bonds. The van der Waals surface area contributed by atoms with Gasteiger partial charge in [0.15, 0.2) is 5.78 Å². The van der Waals surface area contributed by atoms with Gasteiger partial charge in [-0.05, 0) is 18.2 Å². The third-order valence-electron chi connectivity index (χ3n) is 2.76. The molecule has 0 saturated carbocycles. The van der Waals surface area contributed by atoms with E-state index in [1.165, 1.54) is 13.0 Å². The van der Waals surface area contributed by atoms with Gasteiger partial charge in [-0.3, -0.25) is 14.4 Å². The molecule has 1 aliphatic rings. The Morgan fingerprint density at radius 3 is 2.60 bits per heavy atom. The first kappa shape index (κ1) is 14.0. The number of ketones is 1. The molecule has 20 heavy (non-hydrogen) atoms. The second-order valence-corrected chi connectivity index (χ2v) is 4.43. The fourth-order valence-corrected chi connectivity index (χ4v) is 1.95. The number of hydrogen-bond acceptors (Lipinski definition) is 5. The van der Waals surface area contributed by atoms with Crippen LogP contribution >= 0.6 is 0 Å². The van der Waals surface area contributed by atoms with Crippen LogP contribution in [0.5, 0.6) is 5.75 Å². The van der Waals surface area contributed by atoms with Crippen LogP contribution in [0.15, 0.2) is 42.0 Å². The molecule has 1 aromatic carbocycles. The number of carbonyl (C=O) groups excluding carboxylic acids is 3. The third-order valence-corrected chi connectivity index (χ3v) is 2.76. The van der Waals surface area contributed by atoms with Crippen LogP contribution < -0.4 is 4.74 Å². The lowest BCUT2D eigenvalue weighted by molar-refractivity contribution is -0.144. The molecule has 0 saturated heterocycles. The second kappa shape index (κ2) is 6.14. The molecule has 2 rings (SSSR count). The summed E-state index contributed by atoms with van der Waals surface area (Å²) in [6.07, 6.45) is 0.911. The first-order valence-electron chi connectivity index (χ1n) is 6.21. The van der Waals surface area contributed by atoms with Crippen molar-refractivity contribution in [3.05, 3.63) is 42.0 Å². The molecule has 5 nitrogen and oxygen atoms in total. The molecular formula is C15H14O5. The van der Waals surface area contributed by atoms with E-state index >= 15 is 0 Å². The van der Waals surface area contributed by atoms with Gasteiger partial charge in [-0.25, -0.2) is 0 Å². The highest BCUT2D eigenvalue weighted by Crippen LogP contribution is 2.21. The summed E-state index contributed by atoms with van der Waals surface area (Å²) in [4.78, 5) is 34.2. The molecule has 0 bridgehead atoms. The minimum Gasteiger partial charge on any atom is -0.458 e. The topological polar surface area (TPSA) is 69.7 Å². The van der Waals surface area contributed by atoms with Crippen LogP contribution in [0.4, 0.5) is 0 Å². The van der Waals surface area contributed by atoms with Crippen molar-refractivity contribution in [2.75, 3.05) is 0 Å². The first-order valence-corrected chi connectivity index (χ1v) is 6.21. The van der Waals surface area contributed by atoms with Gasteiger partial charge in [0.05, 0.1) is 12.8 Å². The summed E-state index contributed by atoms with van der Waals surface area (Å²) >= 11 is 0. The maximum Gasteiger partial charge on any atom is 0.315 e. The molecule has 1 atom stereocenters. The standard InChI is InChI=1S/C15H14O5/c1-10(16)19-13-7-11(14(17)9-13)8-15(18)20-12-5-3-2-4-6-12/h2-7,13H,8-9H2,1H3. The summed E-state index contributed by atoms with van der Waals surface area (Å²) in [5, 5.41) is 0. The van der Waals surface area contributed by atoms with Gasteiger partial charge in [-0.2, -0.15) is 0 Å². The Bertz CT molecular complexity index is 559. The number of benzene rings is 1. The van der Waals surface area contributed by atoms with Crippen LogP contribution in [0.2, 0.25) is 0 Å². The summed E-state index contributed by atoms with van der Waals surface area (Å²) in [5.41, 5.74) is 0.331. The molecule has 0 aliphatic heterocycles. The van der Waals surface area contributed by atoms with Gasteiger partial charge < -0.3 is 9.47 Å². The van der Waals surface area contributed by atoms with Crippen LogP contribution in [-0.2, 0) is 19.1 Å². The lowest BCUT2D eigenvalue weighted by atomic mass is 10.1. The van der Waals surface area contributed by atoms with Crippen molar-refractivity contribution in [3.63, 3.8) is 0 Å². The van der Waals surface area contributed by atoms with E-state index in [1.807, 2.05) is 6.07 Å². The van der Waals surface area contributed by atoms with Crippen molar-refractivity contribution < 1.29 is 23.9 Å². The molecule has 104 valence electrons. The zero-order chi connectivity index (χ0) is 14.5. The summed E-state index contributed by atoms with van der Waals surface area (Å²) in [5.74, 6) is -0.729. The Balaban J connectivity index is 1.94. The highest BCUT2D eigenvalue weighted by Gasteiger charge is 2.27. The number of rotatable bonds is 4. The van der Waals surface area contributed by atoms with Crippen molar-refractivity contribution in [3.8, 4) is 5.75 Å². The molecule has 1 aromatic rings. The zero-order valence-corrected chi connectivity index (χ0v) is 11.0. The van der Waals surface area contributed by atoms with Crippen molar-refractivity contribution in [2.45, 2.75) is 25.9 Å². The Morgan fingerprint density at radius 1 is 1.25 bits per heavy atom. The quantitative estimate of drug-likeness (QED) is 0.618. The summed E-state index contributed by atoms with van der Waals surface area (Å²) in [6.45, 7) is 1.28. The minimum atomic E-state index is -0.570. The maximum atomic E-state index is 11.7. The molecule has 1 aliphatic carbocycles. The van der Waals surface area contributed by atoms with Crippen LogP contribution in [0.1, 0.15) is 19.8 Å². The number of Topliss-reactive ketones (excluding diaryl/α,β-unsaturated/α-hetero) is 1. The molecule has 0 fully saturated rings. The van der Waals surface area contributed by atoms with Crippen LogP contribution in [0, 0.1) is 0 Å². The van der Waals surface area contributed by atoms with Gasteiger partial charge in [-0.1, -0.05) is 18.2 Å². The molecule has 1 unspecified atom stereocenters. The number of ether oxygens (including phenoxy) is 2. The first-order chi connectivity index (χ1) is 9.54. The Labute approximate surface area is 116 Å². The van der Waals surface area contributed by atoms with Crippen molar-refractivity contribution >= 4 is 17.7 Å². The Hall–Kier alpha value is -2.43. The van der Waals surface area contributed by atoms with Crippen molar-refractivity contribution in [2.24, 2.45) is 0 Å². The van der Waals surface area contributed by atoms with E-state index in [1.54, 1.807) is 24.3 Å². The van der Waals surface area contributed by atoms with E-state index in [2.05, 4.69) is 0 Å².